The first kappa shape index (κ1) is 25.8. The quantitative estimate of drug-likeness (QED) is 0.450. The Morgan fingerprint density at radius 3 is 2.68 bits per heavy atom. The molecule has 1 aliphatic rings. The summed E-state index contributed by atoms with van der Waals surface area (Å²) in [5.74, 6) is 2.69. The van der Waals surface area contributed by atoms with Crippen LogP contribution in [0.2, 0.25) is 0 Å². The predicted octanol–water partition coefficient (Wildman–Crippen LogP) is 3.76. The smallest absolute Gasteiger partial charge is 0.251 e. The molecule has 1 amide bonds. The summed E-state index contributed by atoms with van der Waals surface area (Å²) in [7, 11) is 1.85. The molecule has 188 valence electrons. The van der Waals surface area contributed by atoms with Crippen molar-refractivity contribution in [3.8, 4) is 11.5 Å². The van der Waals surface area contributed by atoms with Gasteiger partial charge in [-0.05, 0) is 59.9 Å². The van der Waals surface area contributed by atoms with E-state index in [1.807, 2.05) is 46.9 Å². The first-order chi connectivity index (χ1) is 16.3. The number of hydrogen-bond acceptors (Lipinski definition) is 8. The van der Waals surface area contributed by atoms with Gasteiger partial charge in [0.05, 0.1) is 18.2 Å². The van der Waals surface area contributed by atoms with Crippen LogP contribution in [-0.4, -0.2) is 67.5 Å². The lowest BCUT2D eigenvalue weighted by molar-refractivity contribution is -0.139. The largest absolute Gasteiger partial charge is 0.490 e. The Bertz CT molecular complexity index is 975. The topological polar surface area (TPSA) is 97.8 Å². The highest BCUT2D eigenvalue weighted by atomic mass is 16.5. The van der Waals surface area contributed by atoms with Crippen molar-refractivity contribution in [2.75, 3.05) is 50.1 Å². The van der Waals surface area contributed by atoms with Gasteiger partial charge in [-0.3, -0.25) is 4.79 Å². The minimum absolute atomic E-state index is 0.0148. The predicted molar refractivity (Wildman–Crippen MR) is 135 cm³/mol. The molecular formula is C25H39N5O4. The van der Waals surface area contributed by atoms with Crippen LogP contribution in [0, 0.1) is 0 Å². The average Bonchev–Trinajstić information content (AvgIpc) is 3.26. The monoisotopic (exact) mass is 473 g/mol. The number of rotatable bonds is 12. The lowest BCUT2D eigenvalue weighted by Gasteiger charge is -2.24. The second-order valence-electron chi connectivity index (χ2n) is 8.91. The summed E-state index contributed by atoms with van der Waals surface area (Å²) in [6, 6.07) is 3.85. The van der Waals surface area contributed by atoms with Gasteiger partial charge in [0, 0.05) is 44.7 Å². The van der Waals surface area contributed by atoms with Gasteiger partial charge in [-0.25, -0.2) is 4.98 Å². The van der Waals surface area contributed by atoms with Crippen molar-refractivity contribution in [3.63, 3.8) is 0 Å². The molecule has 2 N–H and O–H groups in total. The lowest BCUT2D eigenvalue weighted by atomic mass is 10.0. The molecule has 9 heteroatoms. The fourth-order valence-corrected chi connectivity index (χ4v) is 4.09. The number of fused-ring (bicyclic) bond motifs is 1. The van der Waals surface area contributed by atoms with Crippen LogP contribution in [0.25, 0.3) is 10.9 Å². The number of benzene rings is 1. The van der Waals surface area contributed by atoms with E-state index in [1.165, 1.54) is 0 Å². The van der Waals surface area contributed by atoms with E-state index in [2.05, 4.69) is 22.5 Å². The summed E-state index contributed by atoms with van der Waals surface area (Å²) >= 11 is 0. The highest BCUT2D eigenvalue weighted by Gasteiger charge is 2.37. The van der Waals surface area contributed by atoms with Gasteiger partial charge in [-0.15, -0.1) is 0 Å². The number of nitrogens with one attached hydrogen (secondary N) is 2. The van der Waals surface area contributed by atoms with Gasteiger partial charge in [0.25, 0.3) is 5.91 Å². The maximum Gasteiger partial charge on any atom is 0.251 e. The van der Waals surface area contributed by atoms with E-state index in [-0.39, 0.29) is 12.0 Å². The standard InChI is InChI=1S/C25H39N5O4/c1-7-30(13-10-12-27-23(31)25(5)11-9-14-33-25)24-28-19-16-21(34-17(3)4)20(32-8-2)15-18(19)22(26-6)29-24/h15-17H,7-14H2,1-6H3,(H,27,31)(H,26,28,29). The third-order valence-corrected chi connectivity index (χ3v) is 5.90. The summed E-state index contributed by atoms with van der Waals surface area (Å²) < 4.78 is 17.4. The van der Waals surface area contributed by atoms with E-state index in [0.717, 1.165) is 49.1 Å². The molecule has 0 radical (unpaired) electrons. The van der Waals surface area contributed by atoms with Crippen LogP contribution in [0.15, 0.2) is 12.1 Å². The summed E-state index contributed by atoms with van der Waals surface area (Å²) in [4.78, 5) is 24.2. The first-order valence-corrected chi connectivity index (χ1v) is 12.3. The van der Waals surface area contributed by atoms with Crippen molar-refractivity contribution >= 4 is 28.6 Å². The molecule has 1 saturated heterocycles. The van der Waals surface area contributed by atoms with Crippen molar-refractivity contribution in [3.05, 3.63) is 12.1 Å². The van der Waals surface area contributed by atoms with Gasteiger partial charge in [-0.1, -0.05) is 0 Å². The fraction of sp³-hybridized carbons (Fsp3) is 0.640. The van der Waals surface area contributed by atoms with Crippen LogP contribution in [0.5, 0.6) is 11.5 Å². The van der Waals surface area contributed by atoms with E-state index in [4.69, 9.17) is 24.2 Å². The SMILES string of the molecule is CCOc1cc2c(NC)nc(N(CC)CCCNC(=O)C3(C)CCCO3)nc2cc1OC(C)C. The van der Waals surface area contributed by atoms with Gasteiger partial charge in [0.2, 0.25) is 5.95 Å². The molecule has 1 aromatic heterocycles. The third-order valence-electron chi connectivity index (χ3n) is 5.90. The Morgan fingerprint density at radius 2 is 2.06 bits per heavy atom. The van der Waals surface area contributed by atoms with E-state index in [1.54, 1.807) is 0 Å². The zero-order chi connectivity index (χ0) is 24.7. The zero-order valence-electron chi connectivity index (χ0n) is 21.4. The molecule has 0 spiro atoms. The molecule has 2 heterocycles. The van der Waals surface area contributed by atoms with Crippen molar-refractivity contribution in [1.29, 1.82) is 0 Å². The molecule has 1 aromatic carbocycles. The number of hydrogen-bond donors (Lipinski definition) is 2. The Balaban J connectivity index is 1.76. The maximum absolute atomic E-state index is 12.5. The molecule has 1 fully saturated rings. The van der Waals surface area contributed by atoms with Gasteiger partial charge in [0.15, 0.2) is 11.5 Å². The summed E-state index contributed by atoms with van der Waals surface area (Å²) in [5.41, 5.74) is 0.0930. The maximum atomic E-state index is 12.5. The van der Waals surface area contributed by atoms with Crippen LogP contribution in [0.1, 0.15) is 53.9 Å². The first-order valence-electron chi connectivity index (χ1n) is 12.3. The van der Waals surface area contributed by atoms with E-state index in [0.29, 0.717) is 37.2 Å². The van der Waals surface area contributed by atoms with E-state index >= 15 is 0 Å². The molecule has 1 atom stereocenters. The number of ether oxygens (including phenoxy) is 3. The number of carbonyl (C=O) groups excluding carboxylic acids is 1. The molecule has 0 bridgehead atoms. The van der Waals surface area contributed by atoms with Crippen LogP contribution >= 0.6 is 0 Å². The highest BCUT2D eigenvalue weighted by Crippen LogP contribution is 2.36. The molecular weight excluding hydrogens is 434 g/mol. The summed E-state index contributed by atoms with van der Waals surface area (Å²) in [5, 5.41) is 7.08. The number of anilines is 2. The van der Waals surface area contributed by atoms with Gasteiger partial charge in [-0.2, -0.15) is 4.98 Å². The average molecular weight is 474 g/mol. The van der Waals surface area contributed by atoms with Crippen molar-refractivity contribution in [1.82, 2.24) is 15.3 Å². The zero-order valence-corrected chi connectivity index (χ0v) is 21.4. The highest BCUT2D eigenvalue weighted by molar-refractivity contribution is 5.92. The number of aromatic nitrogens is 2. The number of carbonyl (C=O) groups is 1. The molecule has 2 aromatic rings. The van der Waals surface area contributed by atoms with Gasteiger partial charge >= 0.3 is 0 Å². The van der Waals surface area contributed by atoms with Crippen LogP contribution < -0.4 is 25.0 Å². The van der Waals surface area contributed by atoms with Crippen LogP contribution in [-0.2, 0) is 9.53 Å². The summed E-state index contributed by atoms with van der Waals surface area (Å²) in [6.45, 7) is 13.1. The Labute approximate surface area is 202 Å². The molecule has 0 saturated carbocycles. The molecule has 3 rings (SSSR count). The number of amides is 1. The fourth-order valence-electron chi connectivity index (χ4n) is 4.09. The second kappa shape index (κ2) is 11.6. The van der Waals surface area contributed by atoms with E-state index < -0.39 is 5.60 Å². The third kappa shape index (κ3) is 6.00. The molecule has 1 aliphatic heterocycles. The molecule has 1 unspecified atom stereocenters. The van der Waals surface area contributed by atoms with Crippen molar-refractivity contribution < 1.29 is 19.0 Å². The molecule has 9 nitrogen and oxygen atoms in total. The Kier molecular flexibility index (Phi) is 8.77. The number of nitrogens with zero attached hydrogens (tertiary/aromatic N) is 3. The van der Waals surface area contributed by atoms with Crippen LogP contribution in [0.3, 0.4) is 0 Å². The van der Waals surface area contributed by atoms with Crippen LogP contribution in [0.4, 0.5) is 11.8 Å². The lowest BCUT2D eigenvalue weighted by Crippen LogP contribution is -2.44. The summed E-state index contributed by atoms with van der Waals surface area (Å²) in [6.07, 6.45) is 2.49. The molecule has 34 heavy (non-hydrogen) atoms. The minimum atomic E-state index is -0.691. The molecule has 0 aliphatic carbocycles. The van der Waals surface area contributed by atoms with E-state index in [9.17, 15) is 4.79 Å². The Hall–Kier alpha value is -2.81. The van der Waals surface area contributed by atoms with Crippen molar-refractivity contribution in [2.45, 2.75) is 65.6 Å². The van der Waals surface area contributed by atoms with Gasteiger partial charge < -0.3 is 29.7 Å². The van der Waals surface area contributed by atoms with Gasteiger partial charge in [0.1, 0.15) is 11.4 Å². The Morgan fingerprint density at radius 1 is 1.26 bits per heavy atom. The minimum Gasteiger partial charge on any atom is -0.490 e. The normalized spacial score (nSPS) is 17.7. The van der Waals surface area contributed by atoms with Crippen molar-refractivity contribution in [2.24, 2.45) is 0 Å². The second-order valence-corrected chi connectivity index (χ2v) is 8.91.